The zero-order chi connectivity index (χ0) is 20.9. The van der Waals surface area contributed by atoms with Crippen molar-refractivity contribution in [2.45, 2.75) is 19.6 Å². The maximum absolute atomic E-state index is 11.3. The van der Waals surface area contributed by atoms with E-state index in [0.717, 1.165) is 44.2 Å². The van der Waals surface area contributed by atoms with Gasteiger partial charge in [0.05, 0.1) is 0 Å². The lowest BCUT2D eigenvalue weighted by Crippen LogP contribution is -2.48. The molecule has 1 atom stereocenters. The van der Waals surface area contributed by atoms with Crippen molar-refractivity contribution in [3.63, 3.8) is 0 Å². The van der Waals surface area contributed by atoms with Gasteiger partial charge >= 0.3 is 0 Å². The minimum atomic E-state index is -0.558. The molecule has 7 heteroatoms. The summed E-state index contributed by atoms with van der Waals surface area (Å²) in [7, 11) is 0. The smallest absolute Gasteiger partial charge is 0.231 e. The van der Waals surface area contributed by atoms with Gasteiger partial charge < -0.3 is 19.3 Å². The number of piperazine rings is 1. The second kappa shape index (κ2) is 9.47. The molecule has 0 unspecified atom stereocenters. The van der Waals surface area contributed by atoms with Crippen LogP contribution >= 0.6 is 0 Å². The Labute approximate surface area is 176 Å². The van der Waals surface area contributed by atoms with Gasteiger partial charge in [-0.1, -0.05) is 6.07 Å². The summed E-state index contributed by atoms with van der Waals surface area (Å²) in [5, 5.41) is 10.3. The largest absolute Gasteiger partial charge is 0.491 e. The summed E-state index contributed by atoms with van der Waals surface area (Å²) < 4.78 is 16.5. The number of rotatable bonds is 8. The van der Waals surface area contributed by atoms with Crippen LogP contribution in [-0.4, -0.2) is 72.9 Å². The van der Waals surface area contributed by atoms with Crippen molar-refractivity contribution in [2.24, 2.45) is 0 Å². The Morgan fingerprint density at radius 3 is 2.47 bits per heavy atom. The first-order valence-electron chi connectivity index (χ1n) is 10.3. The van der Waals surface area contributed by atoms with E-state index in [9.17, 15) is 9.90 Å². The highest BCUT2D eigenvalue weighted by Gasteiger charge is 2.21. The molecule has 0 saturated carbocycles. The summed E-state index contributed by atoms with van der Waals surface area (Å²) >= 11 is 0. The molecule has 0 aliphatic carbocycles. The van der Waals surface area contributed by atoms with Crippen LogP contribution in [0.5, 0.6) is 17.2 Å². The Hall–Kier alpha value is -2.61. The van der Waals surface area contributed by atoms with Crippen LogP contribution in [0.1, 0.15) is 22.8 Å². The van der Waals surface area contributed by atoms with Crippen molar-refractivity contribution in [1.29, 1.82) is 0 Å². The maximum Gasteiger partial charge on any atom is 0.231 e. The molecule has 1 saturated heterocycles. The van der Waals surface area contributed by atoms with Gasteiger partial charge in [0.1, 0.15) is 18.5 Å². The quantitative estimate of drug-likeness (QED) is 0.667. The van der Waals surface area contributed by atoms with Crippen molar-refractivity contribution < 1.29 is 24.1 Å². The number of Topliss-reactive ketones (excluding diaryl/α,β-unsaturated/α-hetero) is 1. The van der Waals surface area contributed by atoms with E-state index in [1.165, 1.54) is 12.5 Å². The molecule has 2 aromatic carbocycles. The van der Waals surface area contributed by atoms with Crippen LogP contribution < -0.4 is 14.2 Å². The van der Waals surface area contributed by atoms with Gasteiger partial charge in [0.25, 0.3) is 0 Å². The van der Waals surface area contributed by atoms with Crippen LogP contribution in [0.2, 0.25) is 0 Å². The molecule has 7 nitrogen and oxygen atoms in total. The van der Waals surface area contributed by atoms with Crippen molar-refractivity contribution in [3.05, 3.63) is 53.6 Å². The molecule has 1 fully saturated rings. The molecule has 2 aliphatic rings. The summed E-state index contributed by atoms with van der Waals surface area (Å²) in [6.45, 7) is 7.27. The molecule has 0 aromatic heterocycles. The molecule has 2 heterocycles. The fraction of sp³-hybridized carbons (Fsp3) is 0.435. The number of aliphatic hydroxyl groups is 1. The highest BCUT2D eigenvalue weighted by molar-refractivity contribution is 5.94. The number of benzene rings is 2. The van der Waals surface area contributed by atoms with E-state index >= 15 is 0 Å². The average Bonchev–Trinajstić information content (AvgIpc) is 3.22. The van der Waals surface area contributed by atoms with E-state index < -0.39 is 6.10 Å². The predicted octanol–water partition coefficient (Wildman–Crippen LogP) is 2.18. The van der Waals surface area contributed by atoms with Crippen molar-refractivity contribution in [3.8, 4) is 17.2 Å². The molecule has 160 valence electrons. The minimum Gasteiger partial charge on any atom is -0.491 e. The van der Waals surface area contributed by atoms with Gasteiger partial charge in [-0.05, 0) is 48.9 Å². The third-order valence-electron chi connectivity index (χ3n) is 5.48. The van der Waals surface area contributed by atoms with E-state index in [-0.39, 0.29) is 12.4 Å². The minimum absolute atomic E-state index is 0.0271. The Morgan fingerprint density at radius 1 is 1.03 bits per heavy atom. The van der Waals surface area contributed by atoms with Gasteiger partial charge in [-0.25, -0.2) is 0 Å². The molecule has 30 heavy (non-hydrogen) atoms. The number of carbonyl (C=O) groups excluding carboxylic acids is 1. The fourth-order valence-electron chi connectivity index (χ4n) is 3.76. The van der Waals surface area contributed by atoms with Crippen LogP contribution in [0.25, 0.3) is 0 Å². The lowest BCUT2D eigenvalue weighted by molar-refractivity contribution is 0.0446. The third-order valence-corrected chi connectivity index (χ3v) is 5.48. The van der Waals surface area contributed by atoms with Gasteiger partial charge in [-0.3, -0.25) is 14.6 Å². The lowest BCUT2D eigenvalue weighted by atomic mass is 10.1. The molecule has 0 radical (unpaired) electrons. The standard InChI is InChI=1S/C23H28N2O5/c1-17(26)19-3-5-21(6-4-19)28-15-20(27)14-25-10-8-24(9-11-25)13-18-2-7-22-23(12-18)30-16-29-22/h2-7,12,20,27H,8-11,13-16H2,1H3/t20-/m1/s1. The normalized spacial score (nSPS) is 17.7. The Bertz CT molecular complexity index is 862. The summed E-state index contributed by atoms with van der Waals surface area (Å²) in [5.74, 6) is 2.33. The first kappa shape index (κ1) is 20.7. The number of hydrogen-bond donors (Lipinski definition) is 1. The maximum atomic E-state index is 11.3. The Balaban J connectivity index is 1.17. The van der Waals surface area contributed by atoms with Gasteiger partial charge in [0.2, 0.25) is 6.79 Å². The second-order valence-corrected chi connectivity index (χ2v) is 7.81. The number of fused-ring (bicyclic) bond motifs is 1. The van der Waals surface area contributed by atoms with Crippen molar-refractivity contribution >= 4 is 5.78 Å². The molecule has 1 N–H and O–H groups in total. The van der Waals surface area contributed by atoms with Crippen LogP contribution in [0.3, 0.4) is 0 Å². The summed E-state index contributed by atoms with van der Waals surface area (Å²) in [4.78, 5) is 16.0. The first-order chi connectivity index (χ1) is 14.6. The Kier molecular flexibility index (Phi) is 6.52. The van der Waals surface area contributed by atoms with Crippen LogP contribution in [0, 0.1) is 0 Å². The molecule has 0 amide bonds. The number of ether oxygens (including phenoxy) is 3. The average molecular weight is 412 g/mol. The fourth-order valence-corrected chi connectivity index (χ4v) is 3.76. The van der Waals surface area contributed by atoms with E-state index in [2.05, 4.69) is 21.9 Å². The highest BCUT2D eigenvalue weighted by atomic mass is 16.7. The molecule has 4 rings (SSSR count). The summed E-state index contributed by atoms with van der Waals surface area (Å²) in [5.41, 5.74) is 1.87. The Morgan fingerprint density at radius 2 is 1.73 bits per heavy atom. The lowest BCUT2D eigenvalue weighted by Gasteiger charge is -2.35. The number of nitrogens with zero attached hydrogens (tertiary/aromatic N) is 2. The molecule has 0 bridgehead atoms. The van der Waals surface area contributed by atoms with E-state index in [4.69, 9.17) is 14.2 Å². The topological polar surface area (TPSA) is 71.5 Å². The van der Waals surface area contributed by atoms with E-state index in [0.29, 0.717) is 24.7 Å². The van der Waals surface area contributed by atoms with Gasteiger partial charge in [0, 0.05) is 44.8 Å². The zero-order valence-corrected chi connectivity index (χ0v) is 17.3. The number of carbonyl (C=O) groups is 1. The molecule has 2 aromatic rings. The highest BCUT2D eigenvalue weighted by Crippen LogP contribution is 2.32. The molecule has 2 aliphatic heterocycles. The van der Waals surface area contributed by atoms with Gasteiger partial charge in [-0.2, -0.15) is 0 Å². The second-order valence-electron chi connectivity index (χ2n) is 7.81. The van der Waals surface area contributed by atoms with Gasteiger partial charge in [-0.15, -0.1) is 0 Å². The number of β-amino-alcohol motifs (C(OH)–C–C–N with tert-alkyl or cyclic N) is 1. The predicted molar refractivity (Wildman–Crippen MR) is 112 cm³/mol. The van der Waals surface area contributed by atoms with Crippen LogP contribution in [0.4, 0.5) is 0 Å². The number of hydrogen-bond acceptors (Lipinski definition) is 7. The van der Waals surface area contributed by atoms with Crippen LogP contribution in [-0.2, 0) is 6.54 Å². The van der Waals surface area contributed by atoms with E-state index in [1.807, 2.05) is 6.07 Å². The number of ketones is 1. The zero-order valence-electron chi connectivity index (χ0n) is 17.3. The van der Waals surface area contributed by atoms with Crippen molar-refractivity contribution in [2.75, 3.05) is 46.1 Å². The SMILES string of the molecule is CC(=O)c1ccc(OC[C@H](O)CN2CCN(Cc3ccc4c(c3)OCO4)CC2)cc1. The van der Waals surface area contributed by atoms with Gasteiger partial charge in [0.15, 0.2) is 17.3 Å². The molecule has 0 spiro atoms. The van der Waals surface area contributed by atoms with E-state index in [1.54, 1.807) is 24.3 Å². The summed E-state index contributed by atoms with van der Waals surface area (Å²) in [6.07, 6.45) is -0.558. The number of aliphatic hydroxyl groups excluding tert-OH is 1. The third kappa shape index (κ3) is 5.30. The van der Waals surface area contributed by atoms with Crippen LogP contribution in [0.15, 0.2) is 42.5 Å². The van der Waals surface area contributed by atoms with Crippen molar-refractivity contribution in [1.82, 2.24) is 9.80 Å². The monoisotopic (exact) mass is 412 g/mol. The molecular weight excluding hydrogens is 384 g/mol. The summed E-state index contributed by atoms with van der Waals surface area (Å²) in [6, 6.07) is 13.1. The first-order valence-corrected chi connectivity index (χ1v) is 10.3. The molecular formula is C23H28N2O5.